The van der Waals surface area contributed by atoms with Crippen LogP contribution in [0.4, 0.5) is 0 Å². The normalized spacial score (nSPS) is 16.9. The quantitative estimate of drug-likeness (QED) is 0.879. The number of nitrogens with one attached hydrogen (secondary N) is 2. The molecule has 3 rings (SSSR count). The molecule has 0 radical (unpaired) electrons. The Morgan fingerprint density at radius 3 is 3.20 bits per heavy atom. The van der Waals surface area contributed by atoms with Gasteiger partial charge in [0.25, 0.3) is 5.91 Å². The maximum Gasteiger partial charge on any atom is 0.254 e. The van der Waals surface area contributed by atoms with Gasteiger partial charge in [0.15, 0.2) is 11.5 Å². The van der Waals surface area contributed by atoms with E-state index in [4.69, 9.17) is 9.47 Å². The molecule has 1 aromatic heterocycles. The summed E-state index contributed by atoms with van der Waals surface area (Å²) in [5.74, 6) is 1.34. The van der Waals surface area contributed by atoms with E-state index in [1.807, 2.05) is 18.2 Å². The van der Waals surface area contributed by atoms with E-state index in [0.717, 1.165) is 23.5 Å². The number of aromatic amines is 1. The number of H-pyrrole nitrogens is 1. The molecule has 1 aliphatic heterocycles. The number of para-hydroxylation sites is 1. The van der Waals surface area contributed by atoms with Crippen LogP contribution in [-0.4, -0.2) is 35.9 Å². The molecule has 1 amide bonds. The van der Waals surface area contributed by atoms with Crippen molar-refractivity contribution < 1.29 is 14.3 Å². The van der Waals surface area contributed by atoms with Crippen LogP contribution in [0.15, 0.2) is 30.6 Å². The Labute approximate surface area is 116 Å². The summed E-state index contributed by atoms with van der Waals surface area (Å²) in [6, 6.07) is 5.70. The predicted octanol–water partition coefficient (Wildman–Crippen LogP) is 1.15. The summed E-state index contributed by atoms with van der Waals surface area (Å²) in [5.41, 5.74) is 1.55. The summed E-state index contributed by atoms with van der Waals surface area (Å²) in [6.07, 6.45) is 3.78. The number of carbonyl (C=O) groups excluding carboxylic acids is 1. The minimum absolute atomic E-state index is 0.0583. The summed E-state index contributed by atoms with van der Waals surface area (Å²) in [6.45, 7) is 0.428. The molecule has 0 unspecified atom stereocenters. The minimum atomic E-state index is -0.154. The second-order valence-corrected chi connectivity index (χ2v) is 4.62. The molecule has 0 spiro atoms. The van der Waals surface area contributed by atoms with Crippen LogP contribution in [-0.2, 0) is 6.42 Å². The Morgan fingerprint density at radius 1 is 1.55 bits per heavy atom. The van der Waals surface area contributed by atoms with Gasteiger partial charge in [0.1, 0.15) is 6.61 Å². The molecule has 0 aliphatic carbocycles. The predicted molar refractivity (Wildman–Crippen MR) is 72.0 cm³/mol. The van der Waals surface area contributed by atoms with E-state index in [-0.39, 0.29) is 11.9 Å². The smallest absolute Gasteiger partial charge is 0.254 e. The molecule has 0 bridgehead atoms. The van der Waals surface area contributed by atoms with Crippen molar-refractivity contribution in [3.8, 4) is 11.5 Å². The van der Waals surface area contributed by atoms with E-state index in [9.17, 15) is 4.79 Å². The number of benzene rings is 1. The van der Waals surface area contributed by atoms with Gasteiger partial charge in [0, 0.05) is 11.8 Å². The van der Waals surface area contributed by atoms with Crippen LogP contribution < -0.4 is 14.8 Å². The fourth-order valence-corrected chi connectivity index (χ4v) is 2.29. The third-order valence-corrected chi connectivity index (χ3v) is 3.27. The van der Waals surface area contributed by atoms with Crippen molar-refractivity contribution in [1.82, 2.24) is 15.5 Å². The van der Waals surface area contributed by atoms with E-state index in [2.05, 4.69) is 15.5 Å². The number of hydrogen-bond donors (Lipinski definition) is 2. The van der Waals surface area contributed by atoms with Gasteiger partial charge >= 0.3 is 0 Å². The minimum Gasteiger partial charge on any atom is -0.493 e. The highest BCUT2D eigenvalue weighted by Crippen LogP contribution is 2.34. The zero-order valence-corrected chi connectivity index (χ0v) is 11.1. The molecule has 1 aromatic carbocycles. The highest BCUT2D eigenvalue weighted by atomic mass is 16.5. The molecule has 20 heavy (non-hydrogen) atoms. The lowest BCUT2D eigenvalue weighted by Crippen LogP contribution is -2.42. The van der Waals surface area contributed by atoms with Gasteiger partial charge in [-0.1, -0.05) is 12.1 Å². The molecular formula is C14H15N3O3. The van der Waals surface area contributed by atoms with E-state index >= 15 is 0 Å². The van der Waals surface area contributed by atoms with Crippen molar-refractivity contribution in [2.45, 2.75) is 12.5 Å². The van der Waals surface area contributed by atoms with E-state index in [1.165, 1.54) is 6.20 Å². The molecule has 0 fully saturated rings. The molecule has 0 saturated carbocycles. The highest BCUT2D eigenvalue weighted by molar-refractivity contribution is 5.93. The first-order chi connectivity index (χ1) is 9.78. The van der Waals surface area contributed by atoms with E-state index in [1.54, 1.807) is 13.3 Å². The van der Waals surface area contributed by atoms with Gasteiger partial charge in [-0.2, -0.15) is 5.10 Å². The van der Waals surface area contributed by atoms with E-state index in [0.29, 0.717) is 12.2 Å². The number of methoxy groups -OCH3 is 1. The van der Waals surface area contributed by atoms with E-state index < -0.39 is 0 Å². The molecular weight excluding hydrogens is 258 g/mol. The Hall–Kier alpha value is -2.50. The Bertz CT molecular complexity index is 610. The van der Waals surface area contributed by atoms with Crippen LogP contribution in [0.25, 0.3) is 0 Å². The summed E-state index contributed by atoms with van der Waals surface area (Å²) < 4.78 is 11.0. The van der Waals surface area contributed by atoms with Gasteiger partial charge in [-0.3, -0.25) is 9.89 Å². The van der Waals surface area contributed by atoms with Crippen LogP contribution in [0.1, 0.15) is 15.9 Å². The lowest BCUT2D eigenvalue weighted by molar-refractivity contribution is 0.0914. The number of rotatable bonds is 3. The van der Waals surface area contributed by atoms with Gasteiger partial charge in [-0.15, -0.1) is 0 Å². The second-order valence-electron chi connectivity index (χ2n) is 4.62. The maximum absolute atomic E-state index is 12.0. The van der Waals surface area contributed by atoms with Gasteiger partial charge in [0.2, 0.25) is 0 Å². The molecule has 0 saturated heterocycles. The Balaban J connectivity index is 1.71. The molecule has 6 heteroatoms. The lowest BCUT2D eigenvalue weighted by Gasteiger charge is -2.27. The van der Waals surface area contributed by atoms with Crippen LogP contribution in [0.5, 0.6) is 11.5 Å². The van der Waals surface area contributed by atoms with Crippen LogP contribution in [0.2, 0.25) is 0 Å². The molecule has 104 valence electrons. The Kier molecular flexibility index (Phi) is 3.28. The summed E-state index contributed by atoms with van der Waals surface area (Å²) in [4.78, 5) is 12.0. The summed E-state index contributed by atoms with van der Waals surface area (Å²) >= 11 is 0. The molecule has 6 nitrogen and oxygen atoms in total. The lowest BCUT2D eigenvalue weighted by atomic mass is 10.0. The number of amides is 1. The third-order valence-electron chi connectivity index (χ3n) is 3.27. The maximum atomic E-state index is 12.0. The number of fused-ring (bicyclic) bond motifs is 1. The largest absolute Gasteiger partial charge is 0.493 e. The van der Waals surface area contributed by atoms with Gasteiger partial charge in [0.05, 0.1) is 24.9 Å². The average Bonchev–Trinajstić information content (AvgIpc) is 3.00. The first-order valence-corrected chi connectivity index (χ1v) is 6.36. The monoisotopic (exact) mass is 273 g/mol. The van der Waals surface area contributed by atoms with Crippen LogP contribution in [0.3, 0.4) is 0 Å². The summed E-state index contributed by atoms with van der Waals surface area (Å²) in [7, 11) is 1.62. The molecule has 1 aliphatic rings. The van der Waals surface area contributed by atoms with Crippen LogP contribution >= 0.6 is 0 Å². The molecule has 1 atom stereocenters. The molecule has 2 N–H and O–H groups in total. The number of ether oxygens (including phenoxy) is 2. The topological polar surface area (TPSA) is 76.2 Å². The van der Waals surface area contributed by atoms with Crippen molar-refractivity contribution in [1.29, 1.82) is 0 Å². The van der Waals surface area contributed by atoms with Crippen molar-refractivity contribution in [3.05, 3.63) is 41.7 Å². The fourth-order valence-electron chi connectivity index (χ4n) is 2.29. The van der Waals surface area contributed by atoms with Crippen LogP contribution in [0, 0.1) is 0 Å². The second kappa shape index (κ2) is 5.24. The fraction of sp³-hybridized carbons (Fsp3) is 0.286. The molecule has 2 heterocycles. The first-order valence-electron chi connectivity index (χ1n) is 6.36. The van der Waals surface area contributed by atoms with Gasteiger partial charge in [-0.25, -0.2) is 0 Å². The summed E-state index contributed by atoms with van der Waals surface area (Å²) in [5, 5.41) is 9.32. The first kappa shape index (κ1) is 12.5. The Morgan fingerprint density at radius 2 is 2.45 bits per heavy atom. The van der Waals surface area contributed by atoms with Crippen molar-refractivity contribution >= 4 is 5.91 Å². The number of carbonyl (C=O) groups is 1. The van der Waals surface area contributed by atoms with Gasteiger partial charge < -0.3 is 14.8 Å². The average molecular weight is 273 g/mol. The highest BCUT2D eigenvalue weighted by Gasteiger charge is 2.24. The van der Waals surface area contributed by atoms with Crippen molar-refractivity contribution in [3.63, 3.8) is 0 Å². The zero-order valence-electron chi connectivity index (χ0n) is 11.1. The molecule has 2 aromatic rings. The number of nitrogens with zero attached hydrogens (tertiary/aromatic N) is 1. The van der Waals surface area contributed by atoms with Gasteiger partial charge in [-0.05, 0) is 12.5 Å². The zero-order chi connectivity index (χ0) is 13.9. The number of hydrogen-bond acceptors (Lipinski definition) is 4. The standard InChI is InChI=1S/C14H15N3O3/c1-19-12-4-2-3-9-5-11(8-20-13(9)12)17-14(18)10-6-15-16-7-10/h2-4,6-7,11H,5,8H2,1H3,(H,15,16)(H,17,18)/t11-/m1/s1. The third kappa shape index (κ3) is 2.32. The van der Waals surface area contributed by atoms with Crippen molar-refractivity contribution in [2.24, 2.45) is 0 Å². The number of aromatic nitrogens is 2. The SMILES string of the molecule is COc1cccc2c1OC[C@H](NC(=O)c1cn[nH]c1)C2. The van der Waals surface area contributed by atoms with Crippen molar-refractivity contribution in [2.75, 3.05) is 13.7 Å².